The van der Waals surface area contributed by atoms with E-state index in [9.17, 15) is 4.79 Å². The van der Waals surface area contributed by atoms with Crippen LogP contribution < -0.4 is 16.0 Å². The zero-order valence-electron chi connectivity index (χ0n) is 15.3. The van der Waals surface area contributed by atoms with Gasteiger partial charge in [-0.2, -0.15) is 0 Å². The number of para-hydroxylation sites is 1. The first kappa shape index (κ1) is 18.2. The first-order valence-corrected chi connectivity index (χ1v) is 9.10. The highest BCUT2D eigenvalue weighted by Gasteiger charge is 2.15. The number of pyridine rings is 1. The molecule has 3 N–H and O–H groups in total. The van der Waals surface area contributed by atoms with Crippen molar-refractivity contribution >= 4 is 17.4 Å². The van der Waals surface area contributed by atoms with Gasteiger partial charge in [-0.05, 0) is 42.8 Å². The Morgan fingerprint density at radius 2 is 1.96 bits per heavy atom. The lowest BCUT2D eigenvalue weighted by atomic mass is 10.1. The molecule has 1 aromatic carbocycles. The van der Waals surface area contributed by atoms with Gasteiger partial charge in [0.1, 0.15) is 5.82 Å². The topological polar surface area (TPSA) is 74.5 Å². The van der Waals surface area contributed by atoms with Crippen LogP contribution in [-0.2, 0) is 17.8 Å². The number of piperazine rings is 1. The van der Waals surface area contributed by atoms with Gasteiger partial charge in [-0.25, -0.2) is 4.98 Å². The van der Waals surface area contributed by atoms with Gasteiger partial charge in [0, 0.05) is 51.0 Å². The Morgan fingerprint density at radius 3 is 2.73 bits per heavy atom. The maximum Gasteiger partial charge on any atom is 0.220 e. The van der Waals surface area contributed by atoms with Gasteiger partial charge in [0.25, 0.3) is 0 Å². The Bertz CT molecular complexity index is 740. The SMILES string of the molecule is CN1CCN(c2cc(CNC(=O)CCc3ccccc3N)ccn2)CC1. The van der Waals surface area contributed by atoms with Gasteiger partial charge in [0.2, 0.25) is 5.91 Å². The molecule has 1 aliphatic heterocycles. The summed E-state index contributed by atoms with van der Waals surface area (Å²) in [7, 11) is 2.14. The summed E-state index contributed by atoms with van der Waals surface area (Å²) in [5.41, 5.74) is 8.75. The van der Waals surface area contributed by atoms with Crippen LogP contribution in [0.3, 0.4) is 0 Å². The molecule has 2 aromatic rings. The second-order valence-corrected chi connectivity index (χ2v) is 6.79. The van der Waals surface area contributed by atoms with Gasteiger partial charge < -0.3 is 20.9 Å². The number of nitrogens with zero attached hydrogens (tertiary/aromatic N) is 3. The number of rotatable bonds is 6. The molecule has 26 heavy (non-hydrogen) atoms. The van der Waals surface area contributed by atoms with Crippen molar-refractivity contribution in [3.63, 3.8) is 0 Å². The fraction of sp³-hybridized carbons (Fsp3) is 0.400. The first-order valence-electron chi connectivity index (χ1n) is 9.10. The summed E-state index contributed by atoms with van der Waals surface area (Å²) < 4.78 is 0. The molecule has 3 rings (SSSR count). The number of nitrogens with two attached hydrogens (primary N) is 1. The lowest BCUT2D eigenvalue weighted by Crippen LogP contribution is -2.44. The Kier molecular flexibility index (Phi) is 6.07. The fourth-order valence-corrected chi connectivity index (χ4v) is 3.08. The Balaban J connectivity index is 1.49. The average Bonchev–Trinajstić information content (AvgIpc) is 2.66. The molecule has 138 valence electrons. The number of benzene rings is 1. The summed E-state index contributed by atoms with van der Waals surface area (Å²) in [6, 6.07) is 11.7. The van der Waals surface area contributed by atoms with Crippen molar-refractivity contribution in [3.8, 4) is 0 Å². The lowest BCUT2D eigenvalue weighted by molar-refractivity contribution is -0.121. The monoisotopic (exact) mass is 353 g/mol. The van der Waals surface area contributed by atoms with Crippen molar-refractivity contribution in [3.05, 3.63) is 53.7 Å². The van der Waals surface area contributed by atoms with Crippen molar-refractivity contribution in [2.75, 3.05) is 43.9 Å². The number of anilines is 2. The van der Waals surface area contributed by atoms with E-state index < -0.39 is 0 Å². The highest BCUT2D eigenvalue weighted by molar-refractivity contribution is 5.76. The molecule has 0 radical (unpaired) electrons. The molecular weight excluding hydrogens is 326 g/mol. The molecule has 2 heterocycles. The van der Waals surface area contributed by atoms with E-state index in [4.69, 9.17) is 5.73 Å². The second-order valence-electron chi connectivity index (χ2n) is 6.79. The first-order chi connectivity index (χ1) is 12.6. The molecule has 6 heteroatoms. The van der Waals surface area contributed by atoms with Gasteiger partial charge in [0.05, 0.1) is 0 Å². The number of hydrogen-bond acceptors (Lipinski definition) is 5. The van der Waals surface area contributed by atoms with Crippen molar-refractivity contribution in [2.24, 2.45) is 0 Å². The normalized spacial score (nSPS) is 15.0. The molecule has 1 aliphatic rings. The number of aromatic nitrogens is 1. The quantitative estimate of drug-likeness (QED) is 0.773. The summed E-state index contributed by atoms with van der Waals surface area (Å²) in [5, 5.41) is 2.99. The Hall–Kier alpha value is -2.60. The highest BCUT2D eigenvalue weighted by atomic mass is 16.1. The number of aryl methyl sites for hydroxylation is 1. The molecular formula is C20H27N5O. The van der Waals surface area contributed by atoms with Gasteiger partial charge in [-0.3, -0.25) is 4.79 Å². The third-order valence-corrected chi connectivity index (χ3v) is 4.80. The molecule has 1 amide bonds. The molecule has 0 bridgehead atoms. The largest absolute Gasteiger partial charge is 0.399 e. The Labute approximate surface area is 155 Å². The van der Waals surface area contributed by atoms with E-state index in [2.05, 4.69) is 33.2 Å². The van der Waals surface area contributed by atoms with Gasteiger partial charge >= 0.3 is 0 Å². The lowest BCUT2D eigenvalue weighted by Gasteiger charge is -2.33. The number of hydrogen-bond donors (Lipinski definition) is 2. The van der Waals surface area contributed by atoms with E-state index in [1.165, 1.54) is 0 Å². The third kappa shape index (κ3) is 4.95. The van der Waals surface area contributed by atoms with E-state index in [0.717, 1.165) is 48.8 Å². The van der Waals surface area contributed by atoms with Crippen molar-refractivity contribution < 1.29 is 4.79 Å². The van der Waals surface area contributed by atoms with Gasteiger partial charge in [0.15, 0.2) is 0 Å². The number of nitrogens with one attached hydrogen (secondary N) is 1. The summed E-state index contributed by atoms with van der Waals surface area (Å²) >= 11 is 0. The number of amides is 1. The third-order valence-electron chi connectivity index (χ3n) is 4.80. The molecule has 1 saturated heterocycles. The second kappa shape index (κ2) is 8.67. The minimum Gasteiger partial charge on any atom is -0.399 e. The summed E-state index contributed by atoms with van der Waals surface area (Å²) in [4.78, 5) is 21.2. The van der Waals surface area contributed by atoms with Crippen LogP contribution in [0.25, 0.3) is 0 Å². The summed E-state index contributed by atoms with van der Waals surface area (Å²) in [6.45, 7) is 4.58. The van der Waals surface area contributed by atoms with Crippen LogP contribution in [0.2, 0.25) is 0 Å². The van der Waals surface area contributed by atoms with E-state index in [0.29, 0.717) is 19.4 Å². The molecule has 0 unspecified atom stereocenters. The van der Waals surface area contributed by atoms with Crippen molar-refractivity contribution in [1.29, 1.82) is 0 Å². The van der Waals surface area contributed by atoms with Crippen LogP contribution in [0.5, 0.6) is 0 Å². The van der Waals surface area contributed by atoms with Crippen molar-refractivity contribution in [2.45, 2.75) is 19.4 Å². The minimum atomic E-state index is 0.0335. The zero-order chi connectivity index (χ0) is 18.4. The highest BCUT2D eigenvalue weighted by Crippen LogP contribution is 2.15. The molecule has 0 atom stereocenters. The Morgan fingerprint density at radius 1 is 1.19 bits per heavy atom. The summed E-state index contributed by atoms with van der Waals surface area (Å²) in [6.07, 6.45) is 2.91. The van der Waals surface area contributed by atoms with Crippen LogP contribution in [0.15, 0.2) is 42.6 Å². The molecule has 1 fully saturated rings. The maximum atomic E-state index is 12.1. The zero-order valence-corrected chi connectivity index (χ0v) is 15.3. The summed E-state index contributed by atoms with van der Waals surface area (Å²) in [5.74, 6) is 1.02. The smallest absolute Gasteiger partial charge is 0.220 e. The van der Waals surface area contributed by atoms with Gasteiger partial charge in [-0.1, -0.05) is 18.2 Å². The van der Waals surface area contributed by atoms with Crippen LogP contribution >= 0.6 is 0 Å². The van der Waals surface area contributed by atoms with Crippen molar-refractivity contribution in [1.82, 2.24) is 15.2 Å². The van der Waals surface area contributed by atoms with Crippen LogP contribution in [0.1, 0.15) is 17.5 Å². The standard InChI is InChI=1S/C20H27N5O/c1-24-10-12-25(13-11-24)19-14-16(8-9-22-19)15-23-20(26)7-6-17-4-2-3-5-18(17)21/h2-5,8-9,14H,6-7,10-13,15,21H2,1H3,(H,23,26). The predicted molar refractivity (Wildman–Crippen MR) is 105 cm³/mol. The minimum absolute atomic E-state index is 0.0335. The maximum absolute atomic E-state index is 12.1. The molecule has 0 saturated carbocycles. The number of likely N-dealkylation sites (N-methyl/N-ethyl adjacent to an activating group) is 1. The molecule has 0 aliphatic carbocycles. The van der Waals surface area contributed by atoms with E-state index >= 15 is 0 Å². The number of carbonyl (C=O) groups excluding carboxylic acids is 1. The molecule has 1 aromatic heterocycles. The number of nitrogen functional groups attached to an aromatic ring is 1. The predicted octanol–water partition coefficient (Wildman–Crippen LogP) is 1.66. The van der Waals surface area contributed by atoms with Crippen LogP contribution in [-0.4, -0.2) is 49.0 Å². The molecule has 0 spiro atoms. The number of carbonyl (C=O) groups is 1. The fourth-order valence-electron chi connectivity index (χ4n) is 3.08. The van der Waals surface area contributed by atoms with E-state index in [1.54, 1.807) is 0 Å². The van der Waals surface area contributed by atoms with E-state index in [1.807, 2.05) is 36.5 Å². The van der Waals surface area contributed by atoms with E-state index in [-0.39, 0.29) is 5.91 Å². The van der Waals surface area contributed by atoms with Crippen LogP contribution in [0.4, 0.5) is 11.5 Å². The molecule has 6 nitrogen and oxygen atoms in total. The average molecular weight is 353 g/mol. The van der Waals surface area contributed by atoms with Gasteiger partial charge in [-0.15, -0.1) is 0 Å². The van der Waals surface area contributed by atoms with Crippen LogP contribution in [0, 0.1) is 0 Å².